The van der Waals surface area contributed by atoms with Crippen molar-refractivity contribution in [2.75, 3.05) is 40.3 Å². The van der Waals surface area contributed by atoms with Crippen LogP contribution in [0.3, 0.4) is 0 Å². The fraction of sp³-hybridized carbons (Fsp3) is 1.00. The Balaban J connectivity index is 1.73. The average Bonchev–Trinajstić information content (AvgIpc) is 3.30. The first-order chi connectivity index (χ1) is 10.1. The molecule has 0 aromatic carbocycles. The molecule has 1 heterocycles. The second-order valence-corrected chi connectivity index (χ2v) is 7.37. The Morgan fingerprint density at radius 3 is 2.62 bits per heavy atom. The van der Waals surface area contributed by atoms with Gasteiger partial charge in [0.25, 0.3) is 0 Å². The number of nitrogens with one attached hydrogen (secondary N) is 1. The molecular weight excluding hydrogens is 262 g/mol. The molecule has 1 aliphatic carbocycles. The van der Waals surface area contributed by atoms with Gasteiger partial charge in [0.05, 0.1) is 6.61 Å². The third kappa shape index (κ3) is 5.20. The van der Waals surface area contributed by atoms with Gasteiger partial charge in [-0.05, 0) is 72.1 Å². The van der Waals surface area contributed by atoms with Gasteiger partial charge in [-0.25, -0.2) is 0 Å². The van der Waals surface area contributed by atoms with E-state index in [1.807, 2.05) is 0 Å². The Morgan fingerprint density at radius 2 is 2.05 bits per heavy atom. The van der Waals surface area contributed by atoms with Crippen molar-refractivity contribution in [2.24, 2.45) is 0 Å². The van der Waals surface area contributed by atoms with Crippen molar-refractivity contribution in [1.29, 1.82) is 0 Å². The standard InChI is InChI=1S/C17H35N3O/c1-4-17(14-21,18-15-8-9-15)10-6-12-20-11-5-7-16(13-20)19(2)3/h15-16,18,21H,4-14H2,1-3H3. The highest BCUT2D eigenvalue weighted by atomic mass is 16.3. The van der Waals surface area contributed by atoms with Crippen LogP contribution in [0.4, 0.5) is 0 Å². The minimum atomic E-state index is -0.0299. The number of rotatable bonds is 9. The zero-order valence-corrected chi connectivity index (χ0v) is 14.3. The zero-order valence-electron chi connectivity index (χ0n) is 14.3. The third-order valence-corrected chi connectivity index (χ3v) is 5.41. The molecule has 1 saturated heterocycles. The maximum Gasteiger partial charge on any atom is 0.0613 e. The number of aliphatic hydroxyl groups excluding tert-OH is 1. The molecule has 1 aliphatic heterocycles. The SMILES string of the molecule is CCC(CO)(CCCN1CCCC(N(C)C)C1)NC1CC1. The number of hydrogen-bond donors (Lipinski definition) is 2. The zero-order chi connectivity index (χ0) is 15.3. The van der Waals surface area contributed by atoms with Crippen LogP contribution in [0.5, 0.6) is 0 Å². The van der Waals surface area contributed by atoms with Crippen molar-refractivity contribution in [3.05, 3.63) is 0 Å². The van der Waals surface area contributed by atoms with Crippen LogP contribution in [-0.4, -0.2) is 72.9 Å². The summed E-state index contributed by atoms with van der Waals surface area (Å²) in [5.74, 6) is 0. The van der Waals surface area contributed by atoms with Crippen LogP contribution in [0.2, 0.25) is 0 Å². The predicted molar refractivity (Wildman–Crippen MR) is 88.6 cm³/mol. The molecule has 0 bridgehead atoms. The number of hydrogen-bond acceptors (Lipinski definition) is 4. The molecule has 2 aliphatic rings. The molecule has 2 unspecified atom stereocenters. The highest BCUT2D eigenvalue weighted by Crippen LogP contribution is 2.27. The van der Waals surface area contributed by atoms with Gasteiger partial charge in [0.2, 0.25) is 0 Å². The summed E-state index contributed by atoms with van der Waals surface area (Å²) in [5.41, 5.74) is -0.0299. The molecule has 0 aromatic rings. The van der Waals surface area contributed by atoms with E-state index in [-0.39, 0.29) is 12.1 Å². The van der Waals surface area contributed by atoms with Gasteiger partial charge in [0.1, 0.15) is 0 Å². The lowest BCUT2D eigenvalue weighted by molar-refractivity contribution is 0.114. The molecular formula is C17H35N3O. The van der Waals surface area contributed by atoms with E-state index < -0.39 is 0 Å². The van der Waals surface area contributed by atoms with Crippen LogP contribution >= 0.6 is 0 Å². The summed E-state index contributed by atoms with van der Waals surface area (Å²) in [6.45, 7) is 6.12. The van der Waals surface area contributed by atoms with Crippen molar-refractivity contribution in [1.82, 2.24) is 15.1 Å². The van der Waals surface area contributed by atoms with Crippen molar-refractivity contribution in [2.45, 2.75) is 69.5 Å². The molecule has 4 nitrogen and oxygen atoms in total. The fourth-order valence-electron chi connectivity index (χ4n) is 3.54. The third-order valence-electron chi connectivity index (χ3n) is 5.41. The largest absolute Gasteiger partial charge is 0.394 e. The fourth-order valence-corrected chi connectivity index (χ4v) is 3.54. The highest BCUT2D eigenvalue weighted by molar-refractivity contribution is 4.94. The first-order valence-electron chi connectivity index (χ1n) is 8.86. The topological polar surface area (TPSA) is 38.7 Å². The van der Waals surface area contributed by atoms with Gasteiger partial charge in [-0.2, -0.15) is 0 Å². The van der Waals surface area contributed by atoms with Crippen LogP contribution in [0, 0.1) is 0 Å². The Labute approximate surface area is 130 Å². The predicted octanol–water partition coefficient (Wildman–Crippen LogP) is 1.69. The number of aliphatic hydroxyl groups is 1. The Morgan fingerprint density at radius 1 is 1.29 bits per heavy atom. The second kappa shape index (κ2) is 7.91. The van der Waals surface area contributed by atoms with Gasteiger partial charge in [0.15, 0.2) is 0 Å². The van der Waals surface area contributed by atoms with Gasteiger partial charge in [0, 0.05) is 24.2 Å². The molecule has 2 atom stereocenters. The minimum Gasteiger partial charge on any atom is -0.394 e. The highest BCUT2D eigenvalue weighted by Gasteiger charge is 2.34. The minimum absolute atomic E-state index is 0.0299. The number of piperidine rings is 1. The lowest BCUT2D eigenvalue weighted by Gasteiger charge is -2.37. The van der Waals surface area contributed by atoms with Gasteiger partial charge < -0.3 is 20.2 Å². The van der Waals surface area contributed by atoms with Crippen LogP contribution in [-0.2, 0) is 0 Å². The van der Waals surface area contributed by atoms with E-state index in [0.717, 1.165) is 18.9 Å². The van der Waals surface area contributed by atoms with Gasteiger partial charge in [-0.15, -0.1) is 0 Å². The number of likely N-dealkylation sites (N-methyl/N-ethyl adjacent to an activating group) is 1. The van der Waals surface area contributed by atoms with E-state index in [9.17, 15) is 5.11 Å². The van der Waals surface area contributed by atoms with E-state index in [4.69, 9.17) is 0 Å². The summed E-state index contributed by atoms with van der Waals surface area (Å²) in [7, 11) is 4.39. The van der Waals surface area contributed by atoms with Crippen molar-refractivity contribution >= 4 is 0 Å². The first kappa shape index (κ1) is 17.2. The molecule has 0 spiro atoms. The number of likely N-dealkylation sites (tertiary alicyclic amines) is 1. The van der Waals surface area contributed by atoms with Crippen LogP contribution in [0.25, 0.3) is 0 Å². The molecule has 124 valence electrons. The summed E-state index contributed by atoms with van der Waals surface area (Å²) >= 11 is 0. The number of nitrogens with zero attached hydrogens (tertiary/aromatic N) is 2. The quantitative estimate of drug-likeness (QED) is 0.679. The summed E-state index contributed by atoms with van der Waals surface area (Å²) in [6.07, 6.45) is 8.55. The average molecular weight is 297 g/mol. The molecule has 2 rings (SSSR count). The van der Waals surface area contributed by atoms with Crippen LogP contribution < -0.4 is 5.32 Å². The second-order valence-electron chi connectivity index (χ2n) is 7.37. The monoisotopic (exact) mass is 297 g/mol. The molecule has 2 N–H and O–H groups in total. The maximum absolute atomic E-state index is 9.82. The Hall–Kier alpha value is -0.160. The van der Waals surface area contributed by atoms with Gasteiger partial charge in [-0.1, -0.05) is 6.92 Å². The smallest absolute Gasteiger partial charge is 0.0613 e. The first-order valence-corrected chi connectivity index (χ1v) is 8.86. The summed E-state index contributed by atoms with van der Waals surface area (Å²) in [4.78, 5) is 4.98. The molecule has 1 saturated carbocycles. The van der Waals surface area contributed by atoms with E-state index in [1.54, 1.807) is 0 Å². The van der Waals surface area contributed by atoms with Crippen molar-refractivity contribution in [3.8, 4) is 0 Å². The Kier molecular flexibility index (Phi) is 6.48. The molecule has 0 amide bonds. The lowest BCUT2D eigenvalue weighted by atomic mass is 9.90. The van der Waals surface area contributed by atoms with E-state index in [1.165, 1.54) is 51.7 Å². The van der Waals surface area contributed by atoms with E-state index in [0.29, 0.717) is 6.04 Å². The normalized spacial score (nSPS) is 27.0. The Bertz CT molecular complexity index is 300. The summed E-state index contributed by atoms with van der Waals surface area (Å²) in [5, 5.41) is 13.5. The van der Waals surface area contributed by atoms with Crippen molar-refractivity contribution in [3.63, 3.8) is 0 Å². The van der Waals surface area contributed by atoms with Gasteiger partial charge in [-0.3, -0.25) is 0 Å². The van der Waals surface area contributed by atoms with Crippen LogP contribution in [0.15, 0.2) is 0 Å². The van der Waals surface area contributed by atoms with Gasteiger partial charge >= 0.3 is 0 Å². The molecule has 0 aromatic heterocycles. The molecule has 0 radical (unpaired) electrons. The molecule has 21 heavy (non-hydrogen) atoms. The molecule has 4 heteroatoms. The van der Waals surface area contributed by atoms with Crippen molar-refractivity contribution < 1.29 is 5.11 Å². The van der Waals surface area contributed by atoms with E-state index >= 15 is 0 Å². The lowest BCUT2D eigenvalue weighted by Crippen LogP contribution is -2.50. The summed E-state index contributed by atoms with van der Waals surface area (Å²) < 4.78 is 0. The maximum atomic E-state index is 9.82. The van der Waals surface area contributed by atoms with E-state index in [2.05, 4.69) is 36.1 Å². The van der Waals surface area contributed by atoms with Crippen LogP contribution in [0.1, 0.15) is 51.9 Å². The summed E-state index contributed by atoms with van der Waals surface area (Å²) in [6, 6.07) is 1.39. The molecule has 2 fully saturated rings.